The number of imidazole rings is 1. The van der Waals surface area contributed by atoms with Crippen molar-refractivity contribution in [3.8, 4) is 0 Å². The van der Waals surface area contributed by atoms with Gasteiger partial charge < -0.3 is 14.2 Å². The molecule has 1 atom stereocenters. The fourth-order valence-electron chi connectivity index (χ4n) is 4.09. The maximum Gasteiger partial charge on any atom is 0.332 e. The van der Waals surface area contributed by atoms with Crippen LogP contribution < -0.4 is 16.1 Å². The van der Waals surface area contributed by atoms with Gasteiger partial charge in [-0.25, -0.2) is 4.79 Å². The molecule has 0 N–H and O–H groups in total. The number of benzene rings is 1. The number of nitrogens with zero attached hydrogens (tertiary/aromatic N) is 5. The summed E-state index contributed by atoms with van der Waals surface area (Å²) in [5, 5.41) is 0.680. The van der Waals surface area contributed by atoms with E-state index in [4.69, 9.17) is 21.3 Å². The van der Waals surface area contributed by atoms with E-state index in [-0.39, 0.29) is 23.7 Å². The number of aryl methyl sites for hydroxylation is 1. The van der Waals surface area contributed by atoms with E-state index in [1.807, 2.05) is 36.6 Å². The zero-order valence-corrected chi connectivity index (χ0v) is 18.4. The van der Waals surface area contributed by atoms with Gasteiger partial charge in [-0.1, -0.05) is 24.6 Å². The molecular weight excluding hydrogens is 406 g/mol. The average Bonchev–Trinajstić information content (AvgIpc) is 3.10. The Labute approximate surface area is 179 Å². The highest BCUT2D eigenvalue weighted by Gasteiger charge is 2.30. The molecule has 9 heteroatoms. The molecule has 0 saturated heterocycles. The third kappa shape index (κ3) is 3.24. The van der Waals surface area contributed by atoms with E-state index in [0.29, 0.717) is 41.9 Å². The molecule has 8 nitrogen and oxygen atoms in total. The number of rotatable bonds is 5. The topological polar surface area (TPSA) is 74.3 Å². The van der Waals surface area contributed by atoms with Crippen molar-refractivity contribution in [1.29, 1.82) is 0 Å². The summed E-state index contributed by atoms with van der Waals surface area (Å²) in [6, 6.07) is 5.77. The first-order valence-corrected chi connectivity index (χ1v) is 10.5. The number of hydrogen-bond acceptors (Lipinski definition) is 5. The first-order valence-electron chi connectivity index (χ1n) is 10.2. The van der Waals surface area contributed by atoms with Gasteiger partial charge in [0.15, 0.2) is 11.2 Å². The second-order valence-corrected chi connectivity index (χ2v) is 8.20. The van der Waals surface area contributed by atoms with Gasteiger partial charge in [-0.3, -0.25) is 13.9 Å². The second kappa shape index (κ2) is 7.92. The van der Waals surface area contributed by atoms with Crippen molar-refractivity contribution in [2.24, 2.45) is 13.0 Å². The Bertz CT molecular complexity index is 1230. The maximum absolute atomic E-state index is 13.3. The Morgan fingerprint density at radius 1 is 1.27 bits per heavy atom. The Morgan fingerprint density at radius 3 is 2.77 bits per heavy atom. The molecule has 2 aromatic heterocycles. The minimum absolute atomic E-state index is 0.211. The summed E-state index contributed by atoms with van der Waals surface area (Å²) in [7, 11) is 1.65. The fraction of sp³-hybridized carbons (Fsp3) is 0.476. The van der Waals surface area contributed by atoms with Crippen molar-refractivity contribution in [2.45, 2.75) is 33.9 Å². The largest absolute Gasteiger partial charge is 0.380 e. The molecule has 1 aliphatic rings. The lowest BCUT2D eigenvalue weighted by Crippen LogP contribution is -2.41. The molecule has 0 fully saturated rings. The number of ether oxygens (including phenoxy) is 1. The van der Waals surface area contributed by atoms with E-state index in [1.165, 1.54) is 9.13 Å². The van der Waals surface area contributed by atoms with Crippen LogP contribution in [0.5, 0.6) is 0 Å². The van der Waals surface area contributed by atoms with Crippen LogP contribution in [-0.4, -0.2) is 38.4 Å². The van der Waals surface area contributed by atoms with E-state index >= 15 is 0 Å². The maximum atomic E-state index is 13.3. The molecule has 160 valence electrons. The Kier molecular flexibility index (Phi) is 5.46. The lowest BCUT2D eigenvalue weighted by molar-refractivity contribution is 0.137. The number of halogens is 1. The van der Waals surface area contributed by atoms with Crippen molar-refractivity contribution < 1.29 is 4.74 Å². The van der Waals surface area contributed by atoms with E-state index in [2.05, 4.69) is 11.8 Å². The smallest absolute Gasteiger partial charge is 0.332 e. The van der Waals surface area contributed by atoms with Gasteiger partial charge in [-0.05, 0) is 37.5 Å². The van der Waals surface area contributed by atoms with E-state index in [0.717, 1.165) is 17.8 Å². The van der Waals surface area contributed by atoms with Crippen molar-refractivity contribution in [1.82, 2.24) is 18.7 Å². The summed E-state index contributed by atoms with van der Waals surface area (Å²) in [4.78, 5) is 32.9. The van der Waals surface area contributed by atoms with Crippen LogP contribution in [0.2, 0.25) is 5.02 Å². The Hall–Kier alpha value is -2.58. The van der Waals surface area contributed by atoms with Gasteiger partial charge in [0.05, 0.1) is 13.2 Å². The average molecular weight is 432 g/mol. The Morgan fingerprint density at radius 2 is 2.03 bits per heavy atom. The highest BCUT2D eigenvalue weighted by molar-refractivity contribution is 6.31. The van der Waals surface area contributed by atoms with Crippen LogP contribution >= 0.6 is 11.6 Å². The van der Waals surface area contributed by atoms with Crippen LogP contribution in [0.25, 0.3) is 11.2 Å². The van der Waals surface area contributed by atoms with Crippen LogP contribution in [0, 0.1) is 12.8 Å². The summed E-state index contributed by atoms with van der Waals surface area (Å²) in [6.07, 6.45) is 0. The molecule has 30 heavy (non-hydrogen) atoms. The molecule has 1 unspecified atom stereocenters. The minimum atomic E-state index is -0.388. The number of anilines is 2. The summed E-state index contributed by atoms with van der Waals surface area (Å²) >= 11 is 6.36. The molecule has 1 aromatic carbocycles. The predicted octanol–water partition coefficient (Wildman–Crippen LogP) is 2.68. The van der Waals surface area contributed by atoms with Crippen LogP contribution in [0.15, 0.2) is 27.8 Å². The zero-order valence-electron chi connectivity index (χ0n) is 17.7. The van der Waals surface area contributed by atoms with Crippen molar-refractivity contribution >= 4 is 34.4 Å². The highest BCUT2D eigenvalue weighted by atomic mass is 35.5. The second-order valence-electron chi connectivity index (χ2n) is 7.79. The monoisotopic (exact) mass is 431 g/mol. The third-order valence-electron chi connectivity index (χ3n) is 5.64. The normalized spacial score (nSPS) is 16.3. The molecule has 0 saturated carbocycles. The van der Waals surface area contributed by atoms with Crippen molar-refractivity contribution in [3.63, 3.8) is 0 Å². The van der Waals surface area contributed by atoms with Gasteiger partial charge >= 0.3 is 5.69 Å². The lowest BCUT2D eigenvalue weighted by atomic mass is 10.1. The van der Waals surface area contributed by atoms with Crippen LogP contribution in [0.3, 0.4) is 0 Å². The quantitative estimate of drug-likeness (QED) is 0.580. The predicted molar refractivity (Wildman–Crippen MR) is 118 cm³/mol. The van der Waals surface area contributed by atoms with Gasteiger partial charge in [0.1, 0.15) is 0 Å². The van der Waals surface area contributed by atoms with Gasteiger partial charge in [0, 0.05) is 37.5 Å². The number of hydrogen-bond donors (Lipinski definition) is 0. The van der Waals surface area contributed by atoms with Gasteiger partial charge in [-0.15, -0.1) is 0 Å². The molecule has 0 radical (unpaired) electrons. The molecule has 0 spiro atoms. The summed E-state index contributed by atoms with van der Waals surface area (Å²) in [6.45, 7) is 8.44. The molecule has 4 rings (SSSR count). The molecule has 3 aromatic rings. The third-order valence-corrected chi connectivity index (χ3v) is 6.04. The van der Waals surface area contributed by atoms with E-state index in [1.54, 1.807) is 7.05 Å². The van der Waals surface area contributed by atoms with Gasteiger partial charge in [0.25, 0.3) is 5.56 Å². The molecule has 0 bridgehead atoms. The van der Waals surface area contributed by atoms with Crippen LogP contribution in [-0.2, 0) is 24.9 Å². The summed E-state index contributed by atoms with van der Waals surface area (Å²) < 4.78 is 9.98. The minimum Gasteiger partial charge on any atom is -0.380 e. The van der Waals surface area contributed by atoms with Gasteiger partial charge in [-0.2, -0.15) is 4.98 Å². The van der Waals surface area contributed by atoms with Crippen LogP contribution in [0.1, 0.15) is 19.4 Å². The molecule has 0 amide bonds. The first-order chi connectivity index (χ1) is 14.3. The van der Waals surface area contributed by atoms with Crippen molar-refractivity contribution in [3.05, 3.63) is 49.6 Å². The SMILES string of the molecule is CCOCCn1c(=O)c2c(nc3n2CC(C)CN3c2cccc(Cl)c2C)n(C)c1=O. The summed E-state index contributed by atoms with van der Waals surface area (Å²) in [5.41, 5.74) is 2.03. The van der Waals surface area contributed by atoms with Crippen LogP contribution in [0.4, 0.5) is 11.6 Å². The Balaban J connectivity index is 1.95. The van der Waals surface area contributed by atoms with Gasteiger partial charge in [0.2, 0.25) is 5.95 Å². The number of aromatic nitrogens is 4. The molecule has 0 aliphatic carbocycles. The molecule has 3 heterocycles. The zero-order chi connectivity index (χ0) is 21.6. The number of fused-ring (bicyclic) bond motifs is 3. The van der Waals surface area contributed by atoms with Crippen molar-refractivity contribution in [2.75, 3.05) is 24.7 Å². The summed E-state index contributed by atoms with van der Waals surface area (Å²) in [5.74, 6) is 0.935. The van der Waals surface area contributed by atoms with E-state index < -0.39 is 0 Å². The fourth-order valence-corrected chi connectivity index (χ4v) is 4.26. The van der Waals surface area contributed by atoms with E-state index in [9.17, 15) is 9.59 Å². The lowest BCUT2D eigenvalue weighted by Gasteiger charge is -2.34. The molecule has 1 aliphatic heterocycles. The standard InChI is InChI=1S/C21H26ClN5O3/c1-5-30-10-9-25-19(28)17-18(24(4)21(25)29)23-20-26(11-13(2)12-27(17)20)16-8-6-7-15(22)14(16)3/h6-8,13H,5,9-12H2,1-4H3. The first kappa shape index (κ1) is 20.7. The molecular formula is C21H26ClN5O3. The highest BCUT2D eigenvalue weighted by Crippen LogP contribution is 2.36.